The van der Waals surface area contributed by atoms with E-state index in [0.717, 1.165) is 30.3 Å². The number of carbonyl (C=O) groups excluding carboxylic acids is 1. The van der Waals surface area contributed by atoms with Crippen LogP contribution in [0, 0.1) is 0 Å². The summed E-state index contributed by atoms with van der Waals surface area (Å²) in [4.78, 5) is 21.3. The van der Waals surface area contributed by atoms with E-state index in [0.29, 0.717) is 5.13 Å². The molecule has 0 aliphatic heterocycles. The Hall–Kier alpha value is -2.01. The van der Waals surface area contributed by atoms with Gasteiger partial charge in [-0.1, -0.05) is 53.4 Å². The number of rotatable bonds is 8. The summed E-state index contributed by atoms with van der Waals surface area (Å²) >= 11 is 4.64. The summed E-state index contributed by atoms with van der Waals surface area (Å²) in [5, 5.41) is 3.33. The zero-order valence-corrected chi connectivity index (χ0v) is 19.4. The molecule has 0 spiro atoms. The smallest absolute Gasteiger partial charge is 0.226 e. The molecule has 0 fully saturated rings. The maximum Gasteiger partial charge on any atom is 0.226 e. The van der Waals surface area contributed by atoms with Gasteiger partial charge >= 0.3 is 0 Å². The highest BCUT2D eigenvalue weighted by Crippen LogP contribution is 2.38. The lowest BCUT2D eigenvalue weighted by atomic mass is 10.2. The number of hydrogen-bond donors (Lipinski definition) is 1. The molecule has 0 atom stereocenters. The number of nitrogens with zero attached hydrogens (tertiary/aromatic N) is 2. The lowest BCUT2D eigenvalue weighted by Gasteiger charge is -2.05. The van der Waals surface area contributed by atoms with Gasteiger partial charge in [0, 0.05) is 6.42 Å². The Morgan fingerprint density at radius 1 is 1.03 bits per heavy atom. The second-order valence-electron chi connectivity index (χ2n) is 6.69. The summed E-state index contributed by atoms with van der Waals surface area (Å²) in [6, 6.07) is 12.9. The van der Waals surface area contributed by atoms with Crippen LogP contribution in [0.1, 0.15) is 18.4 Å². The number of thiazole rings is 2. The van der Waals surface area contributed by atoms with E-state index in [9.17, 15) is 13.2 Å². The number of carbonyl (C=O) groups is 1. The van der Waals surface area contributed by atoms with Crippen LogP contribution in [0.4, 0.5) is 5.13 Å². The first kappa shape index (κ1) is 21.2. The molecule has 30 heavy (non-hydrogen) atoms. The Balaban J connectivity index is 1.36. The van der Waals surface area contributed by atoms with E-state index in [2.05, 4.69) is 15.3 Å². The molecule has 6 nitrogen and oxygen atoms in total. The molecule has 156 valence electrons. The Morgan fingerprint density at radius 3 is 2.47 bits per heavy atom. The van der Waals surface area contributed by atoms with Crippen molar-refractivity contribution < 1.29 is 13.2 Å². The van der Waals surface area contributed by atoms with Gasteiger partial charge < -0.3 is 5.32 Å². The average Bonchev–Trinajstić information content (AvgIpc) is 3.31. The SMILES string of the molecule is CSc1nc2ccc3nc(NC(=O)CCCS(=O)(=O)Cc4ccccc4)sc3c2s1. The largest absolute Gasteiger partial charge is 0.302 e. The van der Waals surface area contributed by atoms with Gasteiger partial charge in [0.15, 0.2) is 19.3 Å². The fourth-order valence-electron chi connectivity index (χ4n) is 3.03. The molecular weight excluding hydrogens is 459 g/mol. The summed E-state index contributed by atoms with van der Waals surface area (Å²) in [5.74, 6) is -0.251. The van der Waals surface area contributed by atoms with Crippen molar-refractivity contribution in [1.82, 2.24) is 9.97 Å². The summed E-state index contributed by atoms with van der Waals surface area (Å²) < 4.78 is 27.6. The highest BCUT2D eigenvalue weighted by Gasteiger charge is 2.15. The van der Waals surface area contributed by atoms with Crippen LogP contribution >= 0.6 is 34.4 Å². The maximum atomic E-state index is 12.3. The van der Waals surface area contributed by atoms with Crippen LogP contribution in [-0.2, 0) is 20.4 Å². The van der Waals surface area contributed by atoms with E-state index in [1.807, 2.05) is 36.6 Å². The van der Waals surface area contributed by atoms with Crippen LogP contribution < -0.4 is 5.32 Å². The molecule has 0 aliphatic rings. The maximum absolute atomic E-state index is 12.3. The number of hydrogen-bond acceptors (Lipinski definition) is 8. The van der Waals surface area contributed by atoms with Crippen LogP contribution in [0.2, 0.25) is 0 Å². The van der Waals surface area contributed by atoms with Gasteiger partial charge in [0.2, 0.25) is 5.91 Å². The zero-order valence-electron chi connectivity index (χ0n) is 16.1. The average molecular weight is 478 g/mol. The molecule has 2 aromatic carbocycles. The Bertz CT molecular complexity index is 1300. The molecule has 4 aromatic rings. The molecule has 0 unspecified atom stereocenters. The van der Waals surface area contributed by atoms with E-state index in [1.54, 1.807) is 35.2 Å². The summed E-state index contributed by atoms with van der Waals surface area (Å²) in [5.41, 5.74) is 2.52. The Kier molecular flexibility index (Phi) is 6.37. The highest BCUT2D eigenvalue weighted by molar-refractivity contribution is 8.00. The first-order chi connectivity index (χ1) is 14.4. The minimum atomic E-state index is -3.25. The second kappa shape index (κ2) is 9.01. The summed E-state index contributed by atoms with van der Waals surface area (Å²) in [6.07, 6.45) is 2.41. The van der Waals surface area contributed by atoms with Crippen molar-refractivity contribution in [2.75, 3.05) is 17.3 Å². The molecule has 2 aromatic heterocycles. The van der Waals surface area contributed by atoms with E-state index in [1.165, 1.54) is 11.3 Å². The monoisotopic (exact) mass is 477 g/mol. The number of aromatic nitrogens is 2. The normalized spacial score (nSPS) is 11.9. The predicted molar refractivity (Wildman–Crippen MR) is 126 cm³/mol. The number of thioether (sulfide) groups is 1. The molecule has 0 bridgehead atoms. The third-order valence-corrected chi connectivity index (χ3v) is 9.29. The van der Waals surface area contributed by atoms with Crippen molar-refractivity contribution in [3.8, 4) is 0 Å². The minimum absolute atomic E-state index is 0.00376. The van der Waals surface area contributed by atoms with E-state index in [-0.39, 0.29) is 30.3 Å². The van der Waals surface area contributed by atoms with Crippen molar-refractivity contribution in [2.45, 2.75) is 22.9 Å². The molecular formula is C20H19N3O3S4. The Labute approximate surface area is 186 Å². The number of amides is 1. The molecule has 0 radical (unpaired) electrons. The predicted octanol–water partition coefficient (Wildman–Crippen LogP) is 4.96. The van der Waals surface area contributed by atoms with Gasteiger partial charge in [0.05, 0.1) is 31.9 Å². The third kappa shape index (κ3) is 5.00. The molecule has 0 aliphatic carbocycles. The van der Waals surface area contributed by atoms with Crippen LogP contribution in [0.25, 0.3) is 20.4 Å². The van der Waals surface area contributed by atoms with Crippen molar-refractivity contribution in [3.05, 3.63) is 48.0 Å². The molecule has 0 saturated carbocycles. The second-order valence-corrected chi connectivity index (χ2v) is 11.9. The molecule has 10 heteroatoms. The van der Waals surface area contributed by atoms with Crippen LogP contribution in [0.5, 0.6) is 0 Å². The lowest BCUT2D eigenvalue weighted by molar-refractivity contribution is -0.116. The van der Waals surface area contributed by atoms with E-state index < -0.39 is 9.84 Å². The fraction of sp³-hybridized carbons (Fsp3) is 0.250. The van der Waals surface area contributed by atoms with Crippen LogP contribution in [0.15, 0.2) is 46.8 Å². The topological polar surface area (TPSA) is 89.0 Å². The van der Waals surface area contributed by atoms with Crippen molar-refractivity contribution in [1.29, 1.82) is 0 Å². The molecule has 4 rings (SSSR count). The quantitative estimate of drug-likeness (QED) is 0.361. The van der Waals surface area contributed by atoms with Crippen molar-refractivity contribution >= 4 is 75.7 Å². The van der Waals surface area contributed by atoms with E-state index >= 15 is 0 Å². The molecule has 0 saturated heterocycles. The van der Waals surface area contributed by atoms with Crippen LogP contribution in [-0.4, -0.2) is 36.3 Å². The first-order valence-corrected chi connectivity index (χ1v) is 13.9. The standard InChI is InChI=1S/C20H19N3O3S4/c1-27-20-22-15-10-9-14-17(18(15)29-20)28-19(21-14)23-16(24)8-5-11-30(25,26)12-13-6-3-2-4-7-13/h2-4,6-7,9-10H,5,8,11-12H2,1H3,(H,21,23,24). The van der Waals surface area contributed by atoms with Gasteiger partial charge in [-0.05, 0) is 30.4 Å². The van der Waals surface area contributed by atoms with Gasteiger partial charge in [-0.15, -0.1) is 11.3 Å². The number of sulfone groups is 1. The van der Waals surface area contributed by atoms with Gasteiger partial charge in [-0.2, -0.15) is 0 Å². The minimum Gasteiger partial charge on any atom is -0.302 e. The van der Waals surface area contributed by atoms with Crippen molar-refractivity contribution in [2.24, 2.45) is 0 Å². The summed E-state index contributed by atoms with van der Waals surface area (Å²) in [7, 11) is -3.25. The number of benzene rings is 2. The van der Waals surface area contributed by atoms with Crippen molar-refractivity contribution in [3.63, 3.8) is 0 Å². The number of nitrogens with one attached hydrogen (secondary N) is 1. The van der Waals surface area contributed by atoms with Gasteiger partial charge in [-0.3, -0.25) is 4.79 Å². The Morgan fingerprint density at radius 2 is 1.73 bits per heavy atom. The summed E-state index contributed by atoms with van der Waals surface area (Å²) in [6.45, 7) is 0. The number of anilines is 1. The van der Waals surface area contributed by atoms with Gasteiger partial charge in [0.1, 0.15) is 0 Å². The van der Waals surface area contributed by atoms with E-state index in [4.69, 9.17) is 0 Å². The zero-order chi connectivity index (χ0) is 21.1. The van der Waals surface area contributed by atoms with Gasteiger partial charge in [0.25, 0.3) is 0 Å². The number of fused-ring (bicyclic) bond motifs is 3. The molecule has 1 N–H and O–H groups in total. The first-order valence-electron chi connectivity index (χ1n) is 9.22. The molecule has 2 heterocycles. The lowest BCUT2D eigenvalue weighted by Crippen LogP contribution is -2.15. The highest BCUT2D eigenvalue weighted by atomic mass is 32.2. The van der Waals surface area contributed by atoms with Crippen LogP contribution in [0.3, 0.4) is 0 Å². The molecule has 1 amide bonds. The third-order valence-electron chi connectivity index (χ3n) is 4.40. The van der Waals surface area contributed by atoms with Gasteiger partial charge in [-0.25, -0.2) is 18.4 Å². The fourth-order valence-corrected chi connectivity index (χ4v) is 7.13.